The number of benzene rings is 3. The van der Waals surface area contributed by atoms with Gasteiger partial charge in [-0.05, 0) is 54.8 Å². The molecule has 1 fully saturated rings. The van der Waals surface area contributed by atoms with Crippen LogP contribution in [0.3, 0.4) is 0 Å². The number of hydrogen-bond donors (Lipinski definition) is 2. The summed E-state index contributed by atoms with van der Waals surface area (Å²) in [7, 11) is 0. The summed E-state index contributed by atoms with van der Waals surface area (Å²) < 4.78 is 20.6. The fraction of sp³-hybridized carbons (Fsp3) is 0.200. The molecule has 0 radical (unpaired) electrons. The van der Waals surface area contributed by atoms with Crippen molar-refractivity contribution in [3.63, 3.8) is 0 Å². The maximum Gasteiger partial charge on any atom is 0.255 e. The molecule has 0 atom stereocenters. The third kappa shape index (κ3) is 3.44. The van der Waals surface area contributed by atoms with Gasteiger partial charge in [-0.3, -0.25) is 9.59 Å². The average molecular weight is 416 g/mol. The number of aromatic amines is 1. The molecule has 156 valence electrons. The first kappa shape index (κ1) is 19.3. The molecule has 0 unspecified atom stereocenters. The first-order valence-electron chi connectivity index (χ1n) is 10.2. The highest BCUT2D eigenvalue weighted by Crippen LogP contribution is 2.41. The van der Waals surface area contributed by atoms with E-state index in [2.05, 4.69) is 17.1 Å². The maximum atomic E-state index is 15.0. The fourth-order valence-electron chi connectivity index (χ4n) is 4.05. The molecule has 5 nitrogen and oxygen atoms in total. The highest BCUT2D eigenvalue weighted by atomic mass is 19.1. The standard InChI is InChI=1S/C25H21FN2O3/c1-13-2-3-16-10-22(23(25(27)30)24(26)18(16)8-13)31-12-21(29)19-11-28-20-9-15(14-4-5-14)6-7-17(19)20/h2-3,6-11,14,28H,4-5,12H2,1H3,(H2,27,30). The van der Waals surface area contributed by atoms with Crippen LogP contribution in [0.25, 0.3) is 21.7 Å². The number of nitrogens with two attached hydrogens (primary N) is 1. The molecule has 1 saturated carbocycles. The van der Waals surface area contributed by atoms with Gasteiger partial charge in [0.2, 0.25) is 5.78 Å². The van der Waals surface area contributed by atoms with Crippen molar-refractivity contribution >= 4 is 33.4 Å². The van der Waals surface area contributed by atoms with Gasteiger partial charge >= 0.3 is 0 Å². The first-order valence-corrected chi connectivity index (χ1v) is 10.2. The Morgan fingerprint density at radius 3 is 2.68 bits per heavy atom. The third-order valence-corrected chi connectivity index (χ3v) is 5.86. The van der Waals surface area contributed by atoms with E-state index in [1.165, 1.54) is 18.4 Å². The first-order chi connectivity index (χ1) is 14.9. The average Bonchev–Trinajstić information content (AvgIpc) is 3.51. The number of H-pyrrole nitrogens is 1. The highest BCUT2D eigenvalue weighted by molar-refractivity contribution is 6.09. The molecule has 1 aliphatic carbocycles. The Labute approximate surface area is 178 Å². The van der Waals surface area contributed by atoms with Crippen molar-refractivity contribution in [2.75, 3.05) is 6.61 Å². The molecule has 0 spiro atoms. The van der Waals surface area contributed by atoms with Crippen LogP contribution in [0, 0.1) is 12.7 Å². The van der Waals surface area contributed by atoms with Crippen LogP contribution in [0.5, 0.6) is 5.75 Å². The molecular formula is C25H21FN2O3. The SMILES string of the molecule is Cc1ccc2cc(OCC(=O)c3c[nH]c4cc(C5CC5)ccc34)c(C(N)=O)c(F)c2c1. The summed E-state index contributed by atoms with van der Waals surface area (Å²) in [6.45, 7) is 1.50. The summed E-state index contributed by atoms with van der Waals surface area (Å²) in [5.74, 6) is -1.37. The van der Waals surface area contributed by atoms with Crippen LogP contribution >= 0.6 is 0 Å². The summed E-state index contributed by atoms with van der Waals surface area (Å²) in [6, 6.07) is 12.8. The number of hydrogen-bond acceptors (Lipinski definition) is 3. The van der Waals surface area contributed by atoms with Crippen LogP contribution in [0.4, 0.5) is 4.39 Å². The van der Waals surface area contributed by atoms with Crippen LogP contribution in [-0.4, -0.2) is 23.3 Å². The molecule has 3 aromatic carbocycles. The number of carbonyl (C=O) groups excluding carboxylic acids is 2. The smallest absolute Gasteiger partial charge is 0.255 e. The summed E-state index contributed by atoms with van der Waals surface area (Å²) in [5, 5.41) is 1.67. The van der Waals surface area contributed by atoms with E-state index < -0.39 is 11.7 Å². The van der Waals surface area contributed by atoms with E-state index in [0.717, 1.165) is 16.5 Å². The predicted octanol–water partition coefficient (Wildman–Crippen LogP) is 5.01. The Morgan fingerprint density at radius 1 is 1.13 bits per heavy atom. The molecule has 1 aliphatic rings. The summed E-state index contributed by atoms with van der Waals surface area (Å²) in [4.78, 5) is 27.9. The molecule has 5 rings (SSSR count). The van der Waals surface area contributed by atoms with Crippen molar-refractivity contribution in [3.8, 4) is 5.75 Å². The number of Topliss-reactive ketones (excluding diaryl/α,β-unsaturated/α-hetero) is 1. The number of fused-ring (bicyclic) bond motifs is 2. The predicted molar refractivity (Wildman–Crippen MR) is 117 cm³/mol. The second kappa shape index (κ2) is 7.23. The van der Waals surface area contributed by atoms with Gasteiger partial charge in [0.15, 0.2) is 6.61 Å². The molecule has 31 heavy (non-hydrogen) atoms. The van der Waals surface area contributed by atoms with E-state index in [1.807, 2.05) is 19.1 Å². The van der Waals surface area contributed by atoms with Gasteiger partial charge < -0.3 is 15.5 Å². The van der Waals surface area contributed by atoms with E-state index in [0.29, 0.717) is 16.9 Å². The lowest BCUT2D eigenvalue weighted by atomic mass is 10.0. The second-order valence-corrected chi connectivity index (χ2v) is 8.15. The van der Waals surface area contributed by atoms with Crippen LogP contribution < -0.4 is 10.5 Å². The quantitative estimate of drug-likeness (QED) is 0.434. The Balaban J connectivity index is 1.44. The van der Waals surface area contributed by atoms with E-state index in [9.17, 15) is 9.59 Å². The lowest BCUT2D eigenvalue weighted by molar-refractivity contribution is 0.0912. The van der Waals surface area contributed by atoms with Crippen molar-refractivity contribution in [2.45, 2.75) is 25.7 Å². The summed E-state index contributed by atoms with van der Waals surface area (Å²) in [6.07, 6.45) is 4.07. The molecule has 1 amide bonds. The lowest BCUT2D eigenvalue weighted by Gasteiger charge is -2.12. The molecule has 0 saturated heterocycles. The summed E-state index contributed by atoms with van der Waals surface area (Å²) >= 11 is 0. The minimum absolute atomic E-state index is 0.0365. The zero-order valence-electron chi connectivity index (χ0n) is 17.0. The largest absolute Gasteiger partial charge is 0.484 e. The van der Waals surface area contributed by atoms with Gasteiger partial charge in [0.1, 0.15) is 17.1 Å². The van der Waals surface area contributed by atoms with Crippen molar-refractivity contribution in [2.24, 2.45) is 5.73 Å². The van der Waals surface area contributed by atoms with E-state index in [-0.39, 0.29) is 29.1 Å². The number of carbonyl (C=O) groups is 2. The third-order valence-electron chi connectivity index (χ3n) is 5.86. The number of primary amides is 1. The van der Waals surface area contributed by atoms with E-state index in [1.54, 1.807) is 24.4 Å². The number of ketones is 1. The number of ether oxygens (including phenoxy) is 1. The van der Waals surface area contributed by atoms with Crippen molar-refractivity contribution in [1.82, 2.24) is 4.98 Å². The highest BCUT2D eigenvalue weighted by Gasteiger charge is 2.25. The zero-order valence-corrected chi connectivity index (χ0v) is 17.0. The second-order valence-electron chi connectivity index (χ2n) is 8.15. The molecule has 1 heterocycles. The van der Waals surface area contributed by atoms with Gasteiger partial charge in [-0.1, -0.05) is 29.8 Å². The van der Waals surface area contributed by atoms with Crippen molar-refractivity contribution < 1.29 is 18.7 Å². The Kier molecular flexibility index (Phi) is 4.50. The lowest BCUT2D eigenvalue weighted by Crippen LogP contribution is -2.18. The van der Waals surface area contributed by atoms with E-state index >= 15 is 4.39 Å². The number of amides is 1. The number of halogens is 1. The molecule has 6 heteroatoms. The molecule has 4 aromatic rings. The molecular weight excluding hydrogens is 395 g/mol. The van der Waals surface area contributed by atoms with Crippen LogP contribution in [0.2, 0.25) is 0 Å². The number of nitrogens with one attached hydrogen (secondary N) is 1. The Morgan fingerprint density at radius 2 is 1.94 bits per heavy atom. The van der Waals surface area contributed by atoms with Gasteiger partial charge in [-0.25, -0.2) is 4.39 Å². The number of aromatic nitrogens is 1. The van der Waals surface area contributed by atoms with Gasteiger partial charge in [-0.15, -0.1) is 0 Å². The monoisotopic (exact) mass is 416 g/mol. The van der Waals surface area contributed by atoms with Crippen molar-refractivity contribution in [1.29, 1.82) is 0 Å². The van der Waals surface area contributed by atoms with Gasteiger partial charge in [-0.2, -0.15) is 0 Å². The Hall–Kier alpha value is -3.67. The zero-order chi connectivity index (χ0) is 21.7. The van der Waals surface area contributed by atoms with Crippen LogP contribution in [0.15, 0.2) is 48.7 Å². The minimum Gasteiger partial charge on any atom is -0.484 e. The van der Waals surface area contributed by atoms with Crippen LogP contribution in [-0.2, 0) is 0 Å². The number of rotatable bonds is 6. The molecule has 3 N–H and O–H groups in total. The molecule has 0 bridgehead atoms. The van der Waals surface area contributed by atoms with E-state index in [4.69, 9.17) is 10.5 Å². The molecule has 1 aromatic heterocycles. The number of aryl methyl sites for hydroxylation is 1. The minimum atomic E-state index is -0.942. The Bertz CT molecular complexity index is 1370. The summed E-state index contributed by atoms with van der Waals surface area (Å²) in [5.41, 5.74) is 8.59. The molecule has 0 aliphatic heterocycles. The normalized spacial score (nSPS) is 13.6. The van der Waals surface area contributed by atoms with Gasteiger partial charge in [0.05, 0.1) is 0 Å². The topological polar surface area (TPSA) is 85.2 Å². The van der Waals surface area contributed by atoms with Gasteiger partial charge in [0, 0.05) is 28.0 Å². The van der Waals surface area contributed by atoms with Crippen molar-refractivity contribution in [3.05, 3.63) is 76.7 Å². The maximum absolute atomic E-state index is 15.0. The van der Waals surface area contributed by atoms with Crippen LogP contribution in [0.1, 0.15) is 50.6 Å². The van der Waals surface area contributed by atoms with Gasteiger partial charge in [0.25, 0.3) is 5.91 Å². The fourth-order valence-corrected chi connectivity index (χ4v) is 4.05.